The van der Waals surface area contributed by atoms with Crippen LogP contribution in [-0.2, 0) is 5.75 Å². The minimum Gasteiger partial charge on any atom is -0.496 e. The molecule has 0 saturated carbocycles. The summed E-state index contributed by atoms with van der Waals surface area (Å²) in [7, 11) is 1.61. The number of H-pyrrole nitrogens is 1. The molecule has 1 aromatic carbocycles. The number of ketones is 1. The Morgan fingerprint density at radius 2 is 2.10 bits per heavy atom. The molecule has 2 rings (SSSR count). The molecule has 0 fully saturated rings. The van der Waals surface area contributed by atoms with Crippen LogP contribution in [0.2, 0.25) is 0 Å². The van der Waals surface area contributed by atoms with Gasteiger partial charge in [-0.25, -0.2) is 4.79 Å². The first-order valence-corrected chi connectivity index (χ1v) is 7.38. The molecule has 0 atom stereocenters. The molecule has 0 saturated heterocycles. The van der Waals surface area contributed by atoms with Gasteiger partial charge in [-0.05, 0) is 19.9 Å². The fourth-order valence-electron chi connectivity index (χ4n) is 2.05. The number of thioether (sulfide) groups is 1. The summed E-state index contributed by atoms with van der Waals surface area (Å²) >= 11 is 1.35. The molecule has 0 aliphatic rings. The molecule has 5 nitrogen and oxygen atoms in total. The number of aromatic nitrogens is 2. The Bertz CT molecular complexity index is 725. The Morgan fingerprint density at radius 3 is 2.76 bits per heavy atom. The van der Waals surface area contributed by atoms with E-state index in [1.165, 1.54) is 18.7 Å². The van der Waals surface area contributed by atoms with Crippen molar-refractivity contribution in [2.45, 2.75) is 24.6 Å². The number of Topliss-reactive ketones (excluding diaryl/α,β-unsaturated/α-hetero) is 1. The summed E-state index contributed by atoms with van der Waals surface area (Å²) in [5.74, 6) is 1.23. The quantitative estimate of drug-likeness (QED) is 0.522. The molecule has 6 heteroatoms. The van der Waals surface area contributed by atoms with Crippen LogP contribution < -0.4 is 10.4 Å². The largest absolute Gasteiger partial charge is 0.496 e. The maximum atomic E-state index is 11.7. The van der Waals surface area contributed by atoms with E-state index >= 15 is 0 Å². The van der Waals surface area contributed by atoms with Gasteiger partial charge in [-0.3, -0.25) is 4.79 Å². The summed E-state index contributed by atoms with van der Waals surface area (Å²) in [5.41, 5.74) is 1.55. The van der Waals surface area contributed by atoms with Crippen molar-refractivity contribution in [1.82, 2.24) is 9.97 Å². The van der Waals surface area contributed by atoms with Crippen LogP contribution in [-0.4, -0.2) is 22.9 Å². The highest BCUT2D eigenvalue weighted by Gasteiger charge is 2.15. The Morgan fingerprint density at radius 1 is 1.38 bits per heavy atom. The van der Waals surface area contributed by atoms with Crippen LogP contribution in [0.25, 0.3) is 0 Å². The third-order valence-corrected chi connectivity index (χ3v) is 4.02. The molecule has 1 aromatic heterocycles. The van der Waals surface area contributed by atoms with E-state index in [1.54, 1.807) is 14.0 Å². The fraction of sp³-hybridized carbons (Fsp3) is 0.267. The second-order valence-electron chi connectivity index (χ2n) is 4.50. The van der Waals surface area contributed by atoms with Crippen molar-refractivity contribution in [3.05, 3.63) is 51.6 Å². The molecule has 2 aromatic rings. The molecule has 0 unspecified atom stereocenters. The number of nitrogens with one attached hydrogen (secondary N) is 1. The van der Waals surface area contributed by atoms with E-state index in [4.69, 9.17) is 4.74 Å². The highest BCUT2D eigenvalue weighted by molar-refractivity contribution is 7.98. The van der Waals surface area contributed by atoms with Gasteiger partial charge in [-0.15, -0.1) is 11.8 Å². The number of carbonyl (C=O) groups excluding carboxylic acids is 1. The Labute approximate surface area is 126 Å². The normalized spacial score (nSPS) is 10.4. The van der Waals surface area contributed by atoms with E-state index in [-0.39, 0.29) is 5.78 Å². The van der Waals surface area contributed by atoms with Gasteiger partial charge in [0.1, 0.15) is 10.8 Å². The van der Waals surface area contributed by atoms with Gasteiger partial charge in [0.25, 0.3) is 0 Å². The monoisotopic (exact) mass is 304 g/mol. The molecular weight excluding hydrogens is 288 g/mol. The lowest BCUT2D eigenvalue weighted by Gasteiger charge is -2.10. The first kappa shape index (κ1) is 15.3. The van der Waals surface area contributed by atoms with Gasteiger partial charge in [-0.1, -0.05) is 18.2 Å². The van der Waals surface area contributed by atoms with Crippen LogP contribution in [0.15, 0.2) is 34.1 Å². The maximum Gasteiger partial charge on any atom is 0.346 e. The first-order chi connectivity index (χ1) is 10.0. The number of nitrogens with zero attached hydrogens (tertiary/aromatic N) is 1. The minimum atomic E-state index is -0.444. The molecule has 1 heterocycles. The van der Waals surface area contributed by atoms with E-state index in [0.29, 0.717) is 22.0 Å². The maximum absolute atomic E-state index is 11.7. The molecule has 1 N–H and O–H groups in total. The molecule has 0 radical (unpaired) electrons. The van der Waals surface area contributed by atoms with Crippen molar-refractivity contribution in [2.24, 2.45) is 0 Å². The second kappa shape index (κ2) is 6.58. The molecule has 0 aliphatic heterocycles. The third-order valence-electron chi connectivity index (χ3n) is 3.00. The number of carbonyl (C=O) groups is 1. The number of rotatable bonds is 5. The van der Waals surface area contributed by atoms with Gasteiger partial charge in [0, 0.05) is 17.0 Å². The number of hydrogen-bond donors (Lipinski definition) is 1. The van der Waals surface area contributed by atoms with Gasteiger partial charge < -0.3 is 9.72 Å². The Kier molecular flexibility index (Phi) is 4.80. The highest BCUT2D eigenvalue weighted by atomic mass is 32.2. The smallest absolute Gasteiger partial charge is 0.346 e. The minimum absolute atomic E-state index is 0.112. The van der Waals surface area contributed by atoms with E-state index in [2.05, 4.69) is 9.97 Å². The molecule has 0 bridgehead atoms. The molecule has 110 valence electrons. The van der Waals surface area contributed by atoms with Crippen molar-refractivity contribution < 1.29 is 9.53 Å². The summed E-state index contributed by atoms with van der Waals surface area (Å²) in [6.07, 6.45) is 0. The van der Waals surface area contributed by atoms with Crippen LogP contribution in [0.1, 0.15) is 28.5 Å². The van der Waals surface area contributed by atoms with Crippen LogP contribution in [0.3, 0.4) is 0 Å². The number of aryl methyl sites for hydroxylation is 1. The van der Waals surface area contributed by atoms with Crippen molar-refractivity contribution in [1.29, 1.82) is 0 Å². The summed E-state index contributed by atoms with van der Waals surface area (Å²) in [6, 6.07) is 7.63. The SMILES string of the molecule is COc1ccccc1CSc1nc(=O)[nH]c(C)c1C(C)=O. The molecule has 21 heavy (non-hydrogen) atoms. The number of hydrogen-bond acceptors (Lipinski definition) is 5. The fourth-order valence-corrected chi connectivity index (χ4v) is 3.17. The lowest BCUT2D eigenvalue weighted by molar-refractivity contribution is 0.101. The number of benzene rings is 1. The van der Waals surface area contributed by atoms with Gasteiger partial charge in [0.15, 0.2) is 5.78 Å². The van der Waals surface area contributed by atoms with Crippen molar-refractivity contribution in [3.63, 3.8) is 0 Å². The van der Waals surface area contributed by atoms with E-state index < -0.39 is 5.69 Å². The second-order valence-corrected chi connectivity index (χ2v) is 5.47. The van der Waals surface area contributed by atoms with Crippen LogP contribution in [0.4, 0.5) is 0 Å². The van der Waals surface area contributed by atoms with E-state index in [1.807, 2.05) is 24.3 Å². The summed E-state index contributed by atoms with van der Waals surface area (Å²) in [5, 5.41) is 0.453. The van der Waals surface area contributed by atoms with E-state index in [9.17, 15) is 9.59 Å². The average Bonchev–Trinajstić information content (AvgIpc) is 2.44. The predicted molar refractivity (Wildman–Crippen MR) is 82.2 cm³/mol. The van der Waals surface area contributed by atoms with Crippen molar-refractivity contribution in [3.8, 4) is 5.75 Å². The van der Waals surface area contributed by atoms with Crippen molar-refractivity contribution >= 4 is 17.5 Å². The topological polar surface area (TPSA) is 72.0 Å². The zero-order chi connectivity index (χ0) is 15.4. The zero-order valence-corrected chi connectivity index (χ0v) is 12.9. The number of methoxy groups -OCH3 is 1. The van der Waals surface area contributed by atoms with Crippen LogP contribution in [0.5, 0.6) is 5.75 Å². The number of para-hydroxylation sites is 1. The Hall–Kier alpha value is -2.08. The molecular formula is C15H16N2O3S. The lowest BCUT2D eigenvalue weighted by atomic mass is 10.2. The first-order valence-electron chi connectivity index (χ1n) is 6.39. The average molecular weight is 304 g/mol. The molecule has 0 amide bonds. The summed E-state index contributed by atoms with van der Waals surface area (Å²) < 4.78 is 5.29. The van der Waals surface area contributed by atoms with Crippen LogP contribution >= 0.6 is 11.8 Å². The van der Waals surface area contributed by atoms with Crippen LogP contribution in [0, 0.1) is 6.92 Å². The van der Waals surface area contributed by atoms with Gasteiger partial charge in [0.05, 0.1) is 12.7 Å². The van der Waals surface area contributed by atoms with Gasteiger partial charge in [-0.2, -0.15) is 4.98 Å². The summed E-state index contributed by atoms with van der Waals surface area (Å²) in [6.45, 7) is 3.17. The van der Waals surface area contributed by atoms with Crippen molar-refractivity contribution in [2.75, 3.05) is 7.11 Å². The molecule has 0 spiro atoms. The van der Waals surface area contributed by atoms with E-state index in [0.717, 1.165) is 11.3 Å². The third kappa shape index (κ3) is 3.52. The van der Waals surface area contributed by atoms with Gasteiger partial charge in [0.2, 0.25) is 0 Å². The zero-order valence-electron chi connectivity index (χ0n) is 12.1. The number of ether oxygens (including phenoxy) is 1. The van der Waals surface area contributed by atoms with Gasteiger partial charge >= 0.3 is 5.69 Å². The Balaban J connectivity index is 2.32. The molecule has 0 aliphatic carbocycles. The predicted octanol–water partition coefficient (Wildman–Crippen LogP) is 2.58. The summed E-state index contributed by atoms with van der Waals surface area (Å²) in [4.78, 5) is 29.7. The lowest BCUT2D eigenvalue weighted by Crippen LogP contribution is -2.17. The standard InChI is InChI=1S/C15H16N2O3S/c1-9-13(10(2)18)14(17-15(19)16-9)21-8-11-6-4-5-7-12(11)20-3/h4-7H,8H2,1-3H3,(H,16,17,19). The highest BCUT2D eigenvalue weighted by Crippen LogP contribution is 2.28. The number of aromatic amines is 1.